The Labute approximate surface area is 148 Å². The topological polar surface area (TPSA) is 35.5 Å². The summed E-state index contributed by atoms with van der Waals surface area (Å²) in [7, 11) is 0. The van der Waals surface area contributed by atoms with Gasteiger partial charge in [0.05, 0.1) is 0 Å². The molecule has 0 bridgehead atoms. The Hall–Kier alpha value is -2.99. The molecule has 0 spiro atoms. The summed E-state index contributed by atoms with van der Waals surface area (Å²) in [6, 6.07) is 19.0. The minimum atomic E-state index is -0.695. The van der Waals surface area contributed by atoms with Crippen molar-refractivity contribution in [2.75, 3.05) is 0 Å². The van der Waals surface area contributed by atoms with E-state index in [9.17, 15) is 4.79 Å². The van der Waals surface area contributed by atoms with Crippen molar-refractivity contribution in [1.29, 1.82) is 0 Å². The van der Waals surface area contributed by atoms with Gasteiger partial charge in [0.15, 0.2) is 0 Å². The van der Waals surface area contributed by atoms with Gasteiger partial charge in [0, 0.05) is 17.9 Å². The highest BCUT2D eigenvalue weighted by atomic mass is 16.7. The molecular formula is C22H20O3. The van der Waals surface area contributed by atoms with E-state index in [2.05, 4.69) is 25.0 Å². The quantitative estimate of drug-likeness (QED) is 0.446. The fraction of sp³-hybridized carbons (Fsp3) is 0.227. The van der Waals surface area contributed by atoms with Crippen LogP contribution in [0.15, 0.2) is 71.8 Å². The summed E-state index contributed by atoms with van der Waals surface area (Å²) >= 11 is 0. The normalized spacial score (nSPS) is 19.8. The van der Waals surface area contributed by atoms with E-state index >= 15 is 0 Å². The number of carbonyl (C=O) groups is 1. The molecule has 0 radical (unpaired) electrons. The summed E-state index contributed by atoms with van der Waals surface area (Å²) in [6.45, 7) is 2.06. The lowest BCUT2D eigenvalue weighted by Crippen LogP contribution is -2.27. The third-order valence-electron chi connectivity index (χ3n) is 4.51. The van der Waals surface area contributed by atoms with Crippen LogP contribution in [0.5, 0.6) is 5.75 Å². The van der Waals surface area contributed by atoms with Crippen molar-refractivity contribution >= 4 is 6.16 Å². The van der Waals surface area contributed by atoms with Gasteiger partial charge in [-0.15, -0.1) is 6.42 Å². The lowest BCUT2D eigenvalue weighted by Gasteiger charge is -2.30. The zero-order chi connectivity index (χ0) is 17.6. The highest BCUT2D eigenvalue weighted by Crippen LogP contribution is 2.38. The molecule has 3 heteroatoms. The highest BCUT2D eigenvalue weighted by Gasteiger charge is 2.30. The molecule has 0 unspecified atom stereocenters. The molecule has 0 amide bonds. The average Bonchev–Trinajstić information content (AvgIpc) is 2.64. The molecule has 1 aliphatic rings. The summed E-state index contributed by atoms with van der Waals surface area (Å²) in [6.07, 6.45) is 5.93. The van der Waals surface area contributed by atoms with Crippen LogP contribution in [0, 0.1) is 12.3 Å². The number of benzene rings is 2. The molecule has 1 aliphatic carbocycles. The summed E-state index contributed by atoms with van der Waals surface area (Å²) in [5, 5.41) is 0. The predicted octanol–water partition coefficient (Wildman–Crippen LogP) is 5.10. The van der Waals surface area contributed by atoms with Crippen LogP contribution in [-0.2, 0) is 4.74 Å². The minimum Gasteiger partial charge on any atom is -0.430 e. The van der Waals surface area contributed by atoms with E-state index in [1.165, 1.54) is 11.1 Å². The van der Waals surface area contributed by atoms with Crippen LogP contribution in [0.3, 0.4) is 0 Å². The van der Waals surface area contributed by atoms with E-state index in [0.717, 1.165) is 5.57 Å². The fourth-order valence-electron chi connectivity index (χ4n) is 3.20. The first kappa shape index (κ1) is 16.9. The van der Waals surface area contributed by atoms with Gasteiger partial charge in [-0.1, -0.05) is 60.0 Å². The van der Waals surface area contributed by atoms with Crippen molar-refractivity contribution < 1.29 is 14.3 Å². The zero-order valence-electron chi connectivity index (χ0n) is 14.1. The third kappa shape index (κ3) is 4.10. The van der Waals surface area contributed by atoms with Crippen molar-refractivity contribution in [3.63, 3.8) is 0 Å². The van der Waals surface area contributed by atoms with Crippen LogP contribution in [0.25, 0.3) is 0 Å². The first-order valence-electron chi connectivity index (χ1n) is 8.32. The van der Waals surface area contributed by atoms with Crippen LogP contribution in [0.2, 0.25) is 0 Å². The summed E-state index contributed by atoms with van der Waals surface area (Å²) in [5.41, 5.74) is 3.25. The van der Waals surface area contributed by atoms with Gasteiger partial charge in [-0.25, -0.2) is 4.79 Å². The number of ether oxygens (including phenoxy) is 2. The maximum absolute atomic E-state index is 12.1. The molecule has 25 heavy (non-hydrogen) atoms. The Kier molecular flexibility index (Phi) is 5.20. The van der Waals surface area contributed by atoms with Crippen LogP contribution in [0.4, 0.5) is 4.79 Å². The van der Waals surface area contributed by atoms with Gasteiger partial charge in [-0.2, -0.15) is 0 Å². The number of rotatable bonds is 3. The number of carbonyl (C=O) groups excluding carboxylic acids is 1. The second kappa shape index (κ2) is 7.72. The largest absolute Gasteiger partial charge is 0.514 e. The second-order valence-corrected chi connectivity index (χ2v) is 6.11. The van der Waals surface area contributed by atoms with Crippen LogP contribution in [0.1, 0.15) is 31.2 Å². The van der Waals surface area contributed by atoms with Gasteiger partial charge >= 0.3 is 6.16 Å². The molecule has 0 saturated carbocycles. The number of para-hydroxylation sites is 1. The van der Waals surface area contributed by atoms with E-state index in [4.69, 9.17) is 15.9 Å². The third-order valence-corrected chi connectivity index (χ3v) is 4.51. The number of hydrogen-bond donors (Lipinski definition) is 0. The fourth-order valence-corrected chi connectivity index (χ4v) is 3.20. The molecule has 3 rings (SSSR count). The number of hydrogen-bond acceptors (Lipinski definition) is 3. The number of terminal acetylenes is 1. The molecule has 126 valence electrons. The Morgan fingerprint density at radius 2 is 1.72 bits per heavy atom. The first-order chi connectivity index (χ1) is 12.2. The van der Waals surface area contributed by atoms with Crippen molar-refractivity contribution in [1.82, 2.24) is 0 Å². The van der Waals surface area contributed by atoms with Gasteiger partial charge in [0.1, 0.15) is 11.9 Å². The highest BCUT2D eigenvalue weighted by molar-refractivity contribution is 5.64. The number of allylic oxidation sites excluding steroid dienone is 1. The van der Waals surface area contributed by atoms with Crippen molar-refractivity contribution in [3.05, 3.63) is 77.4 Å². The van der Waals surface area contributed by atoms with Crippen LogP contribution < -0.4 is 4.74 Å². The molecule has 2 aromatic carbocycles. The Bertz CT molecular complexity index is 800. The first-order valence-corrected chi connectivity index (χ1v) is 8.32. The standard InChI is InChI=1S/C22H20O3/c1-3-17-14-20(25-22(23)24-19-12-8-5-9-13-19)15-21(16(17)2)18-10-6-4-7-11-18/h1,4-13,20-21H,14-15H2,2H3/t20-,21-/m1/s1. The smallest absolute Gasteiger partial charge is 0.430 e. The minimum absolute atomic E-state index is 0.149. The maximum atomic E-state index is 12.1. The van der Waals surface area contributed by atoms with E-state index in [1.807, 2.05) is 24.3 Å². The summed E-state index contributed by atoms with van der Waals surface area (Å²) in [4.78, 5) is 12.1. The molecule has 0 saturated heterocycles. The Morgan fingerprint density at radius 1 is 1.08 bits per heavy atom. The van der Waals surface area contributed by atoms with Gasteiger partial charge in [0.2, 0.25) is 0 Å². The van der Waals surface area contributed by atoms with E-state index in [-0.39, 0.29) is 12.0 Å². The van der Waals surface area contributed by atoms with Gasteiger partial charge in [-0.3, -0.25) is 0 Å². The zero-order valence-corrected chi connectivity index (χ0v) is 14.1. The van der Waals surface area contributed by atoms with Crippen molar-refractivity contribution in [3.8, 4) is 18.1 Å². The van der Waals surface area contributed by atoms with E-state index in [1.54, 1.807) is 24.3 Å². The molecule has 0 aromatic heterocycles. The molecule has 0 aliphatic heterocycles. The monoisotopic (exact) mass is 332 g/mol. The van der Waals surface area contributed by atoms with E-state index < -0.39 is 6.16 Å². The molecule has 3 nitrogen and oxygen atoms in total. The Morgan fingerprint density at radius 3 is 2.36 bits per heavy atom. The van der Waals surface area contributed by atoms with E-state index in [0.29, 0.717) is 18.6 Å². The van der Waals surface area contributed by atoms with Gasteiger partial charge in [-0.05, 0) is 31.0 Å². The second-order valence-electron chi connectivity index (χ2n) is 6.11. The molecule has 2 atom stereocenters. The predicted molar refractivity (Wildman–Crippen MR) is 97.3 cm³/mol. The van der Waals surface area contributed by atoms with Crippen molar-refractivity contribution in [2.45, 2.75) is 31.8 Å². The Balaban J connectivity index is 1.73. The SMILES string of the molecule is C#CC1=C(C)[C@H](c2ccccc2)C[C@H](OC(=O)Oc2ccccc2)C1. The lowest BCUT2D eigenvalue weighted by molar-refractivity contribution is 0.0506. The maximum Gasteiger partial charge on any atom is 0.514 e. The lowest BCUT2D eigenvalue weighted by atomic mass is 9.78. The summed E-state index contributed by atoms with van der Waals surface area (Å²) < 4.78 is 10.8. The molecular weight excluding hydrogens is 312 g/mol. The molecule has 0 heterocycles. The van der Waals surface area contributed by atoms with Gasteiger partial charge in [0.25, 0.3) is 0 Å². The molecule has 0 N–H and O–H groups in total. The molecule has 0 fully saturated rings. The summed E-state index contributed by atoms with van der Waals surface area (Å²) in [5.74, 6) is 3.37. The van der Waals surface area contributed by atoms with Crippen LogP contribution in [-0.4, -0.2) is 12.3 Å². The van der Waals surface area contributed by atoms with Crippen molar-refractivity contribution in [2.24, 2.45) is 0 Å². The van der Waals surface area contributed by atoms with Crippen LogP contribution >= 0.6 is 0 Å². The average molecular weight is 332 g/mol. The molecule has 2 aromatic rings. The van der Waals surface area contributed by atoms with Gasteiger partial charge < -0.3 is 9.47 Å².